The molecule has 34 heavy (non-hydrogen) atoms. The summed E-state index contributed by atoms with van der Waals surface area (Å²) in [5.74, 6) is 0.390. The number of para-hydroxylation sites is 2. The molecule has 2 aliphatic heterocycles. The Labute approximate surface area is 204 Å². The summed E-state index contributed by atoms with van der Waals surface area (Å²) >= 11 is 6.17. The molecule has 2 aliphatic rings. The topological polar surface area (TPSA) is 83.1 Å². The van der Waals surface area contributed by atoms with Gasteiger partial charge in [0.1, 0.15) is 5.75 Å². The fourth-order valence-electron chi connectivity index (χ4n) is 4.40. The lowest BCUT2D eigenvalue weighted by Crippen LogP contribution is -2.51. The monoisotopic (exact) mass is 484 g/mol. The number of halogens is 1. The minimum atomic E-state index is -0.644. The number of urea groups is 1. The SMILES string of the molecule is CCOc1ccccc1N1CCN(CC2=C(C(=O)OC)C(c3cccc(Cl)c3)NC(=O)N2)CC1. The van der Waals surface area contributed by atoms with Gasteiger partial charge < -0.3 is 25.0 Å². The maximum Gasteiger partial charge on any atom is 0.338 e. The fraction of sp³-hybridized carbons (Fsp3) is 0.360. The maximum absolute atomic E-state index is 12.8. The summed E-state index contributed by atoms with van der Waals surface area (Å²) in [7, 11) is 1.34. The largest absolute Gasteiger partial charge is 0.492 e. The second-order valence-electron chi connectivity index (χ2n) is 8.13. The number of anilines is 1. The van der Waals surface area contributed by atoms with Crippen LogP contribution in [0.2, 0.25) is 5.02 Å². The zero-order valence-corrected chi connectivity index (χ0v) is 20.1. The van der Waals surface area contributed by atoms with Crippen molar-refractivity contribution in [3.8, 4) is 5.75 Å². The summed E-state index contributed by atoms with van der Waals surface area (Å²) < 4.78 is 10.9. The van der Waals surface area contributed by atoms with Gasteiger partial charge in [-0.3, -0.25) is 4.90 Å². The molecule has 1 atom stereocenters. The molecule has 1 unspecified atom stereocenters. The first kappa shape index (κ1) is 23.9. The first-order valence-electron chi connectivity index (χ1n) is 11.3. The number of hydrogen-bond donors (Lipinski definition) is 2. The summed E-state index contributed by atoms with van der Waals surface area (Å²) in [4.78, 5) is 29.8. The molecule has 9 heteroatoms. The van der Waals surface area contributed by atoms with Crippen molar-refractivity contribution in [3.63, 3.8) is 0 Å². The standard InChI is InChI=1S/C25H29ClN4O4/c1-3-34-21-10-5-4-9-20(21)30-13-11-29(12-14-30)16-19-22(24(31)33-2)23(28-25(32)27-19)17-7-6-8-18(26)15-17/h4-10,15,23H,3,11-14,16H2,1-2H3,(H2,27,28,32). The molecule has 0 aromatic heterocycles. The van der Waals surface area contributed by atoms with Crippen LogP contribution in [0, 0.1) is 0 Å². The Bertz CT molecular complexity index is 1080. The normalized spacial score (nSPS) is 18.9. The highest BCUT2D eigenvalue weighted by molar-refractivity contribution is 6.30. The van der Waals surface area contributed by atoms with Gasteiger partial charge in [-0.15, -0.1) is 0 Å². The smallest absolute Gasteiger partial charge is 0.338 e. The van der Waals surface area contributed by atoms with Crippen LogP contribution in [-0.4, -0.2) is 63.3 Å². The molecule has 2 N–H and O–H groups in total. The highest BCUT2D eigenvalue weighted by atomic mass is 35.5. The minimum Gasteiger partial charge on any atom is -0.492 e. The highest BCUT2D eigenvalue weighted by Gasteiger charge is 2.34. The van der Waals surface area contributed by atoms with Crippen LogP contribution in [0.25, 0.3) is 0 Å². The van der Waals surface area contributed by atoms with Crippen molar-refractivity contribution in [1.82, 2.24) is 15.5 Å². The van der Waals surface area contributed by atoms with Gasteiger partial charge in [0.05, 0.1) is 31.0 Å². The van der Waals surface area contributed by atoms with Crippen LogP contribution < -0.4 is 20.3 Å². The summed E-state index contributed by atoms with van der Waals surface area (Å²) in [6.07, 6.45) is 0. The van der Waals surface area contributed by atoms with Gasteiger partial charge in [-0.1, -0.05) is 35.9 Å². The summed E-state index contributed by atoms with van der Waals surface area (Å²) in [5.41, 5.74) is 2.73. The molecule has 2 heterocycles. The van der Waals surface area contributed by atoms with Crippen LogP contribution in [-0.2, 0) is 9.53 Å². The van der Waals surface area contributed by atoms with E-state index in [4.69, 9.17) is 21.1 Å². The predicted octanol–water partition coefficient (Wildman–Crippen LogP) is 3.34. The van der Waals surface area contributed by atoms with Crippen molar-refractivity contribution in [1.29, 1.82) is 0 Å². The summed E-state index contributed by atoms with van der Waals surface area (Å²) in [6, 6.07) is 14.1. The fourth-order valence-corrected chi connectivity index (χ4v) is 4.60. The van der Waals surface area contributed by atoms with Crippen LogP contribution in [0.4, 0.5) is 10.5 Å². The van der Waals surface area contributed by atoms with E-state index in [0.717, 1.165) is 43.2 Å². The number of methoxy groups -OCH3 is 1. The Kier molecular flexibility index (Phi) is 7.59. The lowest BCUT2D eigenvalue weighted by atomic mass is 9.95. The molecular formula is C25H29ClN4O4. The van der Waals surface area contributed by atoms with E-state index in [-0.39, 0.29) is 6.03 Å². The molecule has 2 aromatic rings. The highest BCUT2D eigenvalue weighted by Crippen LogP contribution is 2.31. The molecule has 0 radical (unpaired) electrons. The Morgan fingerprint density at radius 3 is 2.59 bits per heavy atom. The third-order valence-electron chi connectivity index (χ3n) is 6.00. The van der Waals surface area contributed by atoms with E-state index < -0.39 is 12.0 Å². The number of nitrogens with one attached hydrogen (secondary N) is 2. The van der Waals surface area contributed by atoms with E-state index >= 15 is 0 Å². The second-order valence-corrected chi connectivity index (χ2v) is 8.57. The number of ether oxygens (including phenoxy) is 2. The maximum atomic E-state index is 12.8. The molecule has 4 rings (SSSR count). The number of carbonyl (C=O) groups excluding carboxylic acids is 2. The number of benzene rings is 2. The van der Waals surface area contributed by atoms with Gasteiger partial charge in [-0.2, -0.15) is 0 Å². The van der Waals surface area contributed by atoms with Crippen LogP contribution in [0.3, 0.4) is 0 Å². The molecule has 2 amide bonds. The number of nitrogens with zero attached hydrogens (tertiary/aromatic N) is 2. The van der Waals surface area contributed by atoms with Crippen LogP contribution in [0.15, 0.2) is 59.8 Å². The molecule has 1 fully saturated rings. The minimum absolute atomic E-state index is 0.364. The molecule has 1 saturated heterocycles. The van der Waals surface area contributed by atoms with Crippen molar-refractivity contribution in [2.45, 2.75) is 13.0 Å². The molecular weight excluding hydrogens is 456 g/mol. The van der Waals surface area contributed by atoms with Crippen molar-refractivity contribution in [2.75, 3.05) is 51.3 Å². The van der Waals surface area contributed by atoms with Gasteiger partial charge in [0.15, 0.2) is 0 Å². The zero-order valence-electron chi connectivity index (χ0n) is 19.3. The van der Waals surface area contributed by atoms with E-state index in [1.54, 1.807) is 18.2 Å². The Morgan fingerprint density at radius 2 is 1.88 bits per heavy atom. The quantitative estimate of drug-likeness (QED) is 0.586. The third kappa shape index (κ3) is 5.29. The molecule has 2 aromatic carbocycles. The molecule has 0 aliphatic carbocycles. The van der Waals surface area contributed by atoms with E-state index in [9.17, 15) is 9.59 Å². The van der Waals surface area contributed by atoms with Gasteiger partial charge in [0.25, 0.3) is 0 Å². The van der Waals surface area contributed by atoms with Gasteiger partial charge in [0, 0.05) is 43.4 Å². The Hall–Kier alpha value is -3.23. The number of piperazine rings is 1. The average Bonchev–Trinajstić information content (AvgIpc) is 2.84. The van der Waals surface area contributed by atoms with Gasteiger partial charge in [-0.05, 0) is 36.8 Å². The number of carbonyl (C=O) groups is 2. The van der Waals surface area contributed by atoms with Crippen LogP contribution >= 0.6 is 11.6 Å². The Balaban J connectivity index is 1.53. The van der Waals surface area contributed by atoms with Crippen molar-refractivity contribution in [3.05, 3.63) is 70.4 Å². The van der Waals surface area contributed by atoms with E-state index in [2.05, 4.69) is 26.5 Å². The molecule has 180 valence electrons. The number of esters is 1. The van der Waals surface area contributed by atoms with Gasteiger partial charge in [0.2, 0.25) is 0 Å². The van der Waals surface area contributed by atoms with E-state index in [1.807, 2.05) is 31.2 Å². The predicted molar refractivity (Wildman–Crippen MR) is 131 cm³/mol. The first-order valence-corrected chi connectivity index (χ1v) is 11.7. The van der Waals surface area contributed by atoms with Gasteiger partial charge in [-0.25, -0.2) is 9.59 Å². The van der Waals surface area contributed by atoms with E-state index in [1.165, 1.54) is 7.11 Å². The van der Waals surface area contributed by atoms with Crippen molar-refractivity contribution >= 4 is 29.3 Å². The Morgan fingerprint density at radius 1 is 1.12 bits per heavy atom. The third-order valence-corrected chi connectivity index (χ3v) is 6.24. The van der Waals surface area contributed by atoms with Crippen LogP contribution in [0.1, 0.15) is 18.5 Å². The number of hydrogen-bond acceptors (Lipinski definition) is 6. The second kappa shape index (κ2) is 10.8. The van der Waals surface area contributed by atoms with E-state index in [0.29, 0.717) is 29.4 Å². The molecule has 8 nitrogen and oxygen atoms in total. The van der Waals surface area contributed by atoms with Crippen molar-refractivity contribution < 1.29 is 19.1 Å². The van der Waals surface area contributed by atoms with Gasteiger partial charge >= 0.3 is 12.0 Å². The molecule has 0 bridgehead atoms. The first-order chi connectivity index (χ1) is 16.5. The summed E-state index contributed by atoms with van der Waals surface area (Å²) in [6.45, 7) is 6.15. The summed E-state index contributed by atoms with van der Waals surface area (Å²) in [5, 5.41) is 6.19. The average molecular weight is 485 g/mol. The number of rotatable bonds is 7. The van der Waals surface area contributed by atoms with Crippen molar-refractivity contribution in [2.24, 2.45) is 0 Å². The molecule has 0 spiro atoms. The van der Waals surface area contributed by atoms with Crippen LogP contribution in [0.5, 0.6) is 5.75 Å². The number of amides is 2. The lowest BCUT2D eigenvalue weighted by Gasteiger charge is -2.38. The lowest BCUT2D eigenvalue weighted by molar-refractivity contribution is -0.136. The zero-order chi connectivity index (χ0) is 24.1. The molecule has 0 saturated carbocycles.